The molecule has 0 aromatic rings. The highest BCUT2D eigenvalue weighted by Gasteiger charge is 2.58. The zero-order valence-corrected chi connectivity index (χ0v) is 14.4. The van der Waals surface area contributed by atoms with E-state index < -0.39 is 0 Å². The van der Waals surface area contributed by atoms with Gasteiger partial charge < -0.3 is 5.11 Å². The van der Waals surface area contributed by atoms with Gasteiger partial charge in [0.15, 0.2) is 0 Å². The van der Waals surface area contributed by atoms with Crippen molar-refractivity contribution in [1.29, 1.82) is 0 Å². The van der Waals surface area contributed by atoms with E-state index in [2.05, 4.69) is 32.6 Å². The second-order valence-corrected chi connectivity index (χ2v) is 9.12. The molecule has 4 rings (SSSR count). The molecule has 4 aliphatic rings. The normalized spacial score (nSPS) is 54.0. The second-order valence-electron chi connectivity index (χ2n) is 9.12. The molecule has 0 radical (unpaired) electrons. The molecule has 122 valence electrons. The van der Waals surface area contributed by atoms with Crippen molar-refractivity contribution >= 4 is 0 Å². The molecule has 22 heavy (non-hydrogen) atoms. The first kappa shape index (κ1) is 15.0. The lowest BCUT2D eigenvalue weighted by Gasteiger charge is -2.58. The van der Waals surface area contributed by atoms with Gasteiger partial charge in [-0.25, -0.2) is 0 Å². The number of aliphatic hydroxyl groups is 1. The minimum atomic E-state index is -0.0706. The highest BCUT2D eigenvalue weighted by molar-refractivity contribution is 5.25. The highest BCUT2D eigenvalue weighted by atomic mass is 16.3. The van der Waals surface area contributed by atoms with Crippen LogP contribution >= 0.6 is 0 Å². The van der Waals surface area contributed by atoms with E-state index in [1.54, 1.807) is 5.57 Å². The Morgan fingerprint density at radius 3 is 2.77 bits per heavy atom. The summed E-state index contributed by atoms with van der Waals surface area (Å²) in [6, 6.07) is 0. The van der Waals surface area contributed by atoms with Crippen LogP contribution < -0.4 is 0 Å². The third-order valence-electron chi connectivity index (χ3n) is 8.39. The molecule has 0 aliphatic heterocycles. The fourth-order valence-corrected chi connectivity index (χ4v) is 7.17. The highest BCUT2D eigenvalue weighted by Crippen LogP contribution is 2.66. The minimum Gasteiger partial charge on any atom is -0.393 e. The minimum absolute atomic E-state index is 0.0706. The maximum atomic E-state index is 10.3. The Morgan fingerprint density at radius 1 is 1.18 bits per heavy atom. The van der Waals surface area contributed by atoms with E-state index in [0.29, 0.717) is 5.41 Å². The summed E-state index contributed by atoms with van der Waals surface area (Å²) in [5.41, 5.74) is 2.47. The van der Waals surface area contributed by atoms with Crippen LogP contribution in [0.2, 0.25) is 0 Å². The summed E-state index contributed by atoms with van der Waals surface area (Å²) in [5, 5.41) is 10.3. The average Bonchev–Trinajstić information content (AvgIpc) is 2.82. The van der Waals surface area contributed by atoms with E-state index in [9.17, 15) is 5.11 Å². The maximum Gasteiger partial charge on any atom is 0.0551 e. The Balaban J connectivity index is 1.68. The van der Waals surface area contributed by atoms with Gasteiger partial charge in [0.1, 0.15) is 0 Å². The van der Waals surface area contributed by atoms with Gasteiger partial charge in [-0.1, -0.05) is 31.6 Å². The van der Waals surface area contributed by atoms with E-state index in [1.807, 2.05) is 0 Å². The summed E-state index contributed by atoms with van der Waals surface area (Å²) in [6.07, 6.45) is 14.7. The van der Waals surface area contributed by atoms with Crippen molar-refractivity contribution in [3.63, 3.8) is 0 Å². The van der Waals surface area contributed by atoms with Gasteiger partial charge in [-0.15, -0.1) is 6.58 Å². The van der Waals surface area contributed by atoms with Gasteiger partial charge >= 0.3 is 0 Å². The van der Waals surface area contributed by atoms with Crippen LogP contribution in [0.25, 0.3) is 0 Å². The van der Waals surface area contributed by atoms with Crippen LogP contribution in [0.3, 0.4) is 0 Å². The Labute approximate surface area is 135 Å². The smallest absolute Gasteiger partial charge is 0.0551 e. The lowest BCUT2D eigenvalue weighted by Crippen LogP contribution is -2.50. The van der Waals surface area contributed by atoms with Gasteiger partial charge in [0.2, 0.25) is 0 Å². The first-order valence-corrected chi connectivity index (χ1v) is 9.49. The largest absolute Gasteiger partial charge is 0.393 e. The van der Waals surface area contributed by atoms with Crippen LogP contribution in [0, 0.1) is 34.5 Å². The lowest BCUT2D eigenvalue weighted by atomic mass is 9.47. The molecule has 0 aromatic carbocycles. The Hall–Kier alpha value is -0.560. The monoisotopic (exact) mass is 300 g/mol. The van der Waals surface area contributed by atoms with Crippen LogP contribution in [0.4, 0.5) is 0 Å². The fraction of sp³-hybridized carbons (Fsp3) is 0.810. The molecule has 1 heteroatoms. The van der Waals surface area contributed by atoms with E-state index in [1.165, 1.54) is 32.1 Å². The summed E-state index contributed by atoms with van der Waals surface area (Å²) in [5.74, 6) is 3.27. The molecule has 4 aliphatic carbocycles. The third-order valence-corrected chi connectivity index (χ3v) is 8.39. The molecule has 0 amide bonds. The summed E-state index contributed by atoms with van der Waals surface area (Å²) in [7, 11) is 0. The SMILES string of the molecule is C=C[C@H]1CC[C@H]2[C@@H]3CC=C4CCC(O)C[C@]4(C)[C@H]3CC[C@]12C. The maximum absolute atomic E-state index is 10.3. The van der Waals surface area contributed by atoms with Crippen LogP contribution in [-0.4, -0.2) is 11.2 Å². The van der Waals surface area contributed by atoms with Gasteiger partial charge in [0, 0.05) is 0 Å². The lowest BCUT2D eigenvalue weighted by molar-refractivity contribution is -0.0522. The number of aliphatic hydroxyl groups excluding tert-OH is 1. The Morgan fingerprint density at radius 2 is 2.00 bits per heavy atom. The zero-order valence-electron chi connectivity index (χ0n) is 14.4. The molecular formula is C21H32O. The van der Waals surface area contributed by atoms with Crippen molar-refractivity contribution in [1.82, 2.24) is 0 Å². The van der Waals surface area contributed by atoms with Gasteiger partial charge in [0.05, 0.1) is 6.10 Å². The number of hydrogen-bond donors (Lipinski definition) is 1. The van der Waals surface area contributed by atoms with E-state index >= 15 is 0 Å². The summed E-state index contributed by atoms with van der Waals surface area (Å²) in [6.45, 7) is 9.15. The summed E-state index contributed by atoms with van der Waals surface area (Å²) in [4.78, 5) is 0. The van der Waals surface area contributed by atoms with Crippen LogP contribution in [-0.2, 0) is 0 Å². The van der Waals surface area contributed by atoms with Crippen molar-refractivity contribution in [3.8, 4) is 0 Å². The molecule has 0 heterocycles. The van der Waals surface area contributed by atoms with E-state index in [0.717, 1.165) is 42.9 Å². The number of rotatable bonds is 1. The van der Waals surface area contributed by atoms with Crippen molar-refractivity contribution in [2.24, 2.45) is 34.5 Å². The van der Waals surface area contributed by atoms with E-state index in [-0.39, 0.29) is 11.5 Å². The predicted molar refractivity (Wildman–Crippen MR) is 91.4 cm³/mol. The number of hydrogen-bond acceptors (Lipinski definition) is 1. The molecule has 7 atom stereocenters. The molecule has 1 unspecified atom stereocenters. The van der Waals surface area contributed by atoms with Crippen molar-refractivity contribution < 1.29 is 5.11 Å². The third kappa shape index (κ3) is 1.87. The van der Waals surface area contributed by atoms with Crippen molar-refractivity contribution in [3.05, 3.63) is 24.3 Å². The fourth-order valence-electron chi connectivity index (χ4n) is 7.17. The van der Waals surface area contributed by atoms with Gasteiger partial charge in [-0.05, 0) is 85.9 Å². The van der Waals surface area contributed by atoms with Gasteiger partial charge in [0.25, 0.3) is 0 Å². The van der Waals surface area contributed by atoms with E-state index in [4.69, 9.17) is 0 Å². The number of allylic oxidation sites excluding steroid dienone is 3. The average molecular weight is 300 g/mol. The van der Waals surface area contributed by atoms with Crippen molar-refractivity contribution in [2.45, 2.75) is 71.3 Å². The molecule has 3 saturated carbocycles. The topological polar surface area (TPSA) is 20.2 Å². The van der Waals surface area contributed by atoms with Gasteiger partial charge in [-0.3, -0.25) is 0 Å². The molecule has 0 aromatic heterocycles. The molecule has 0 bridgehead atoms. The molecule has 1 nitrogen and oxygen atoms in total. The summed E-state index contributed by atoms with van der Waals surface area (Å²) >= 11 is 0. The quantitative estimate of drug-likeness (QED) is 0.667. The Kier molecular flexibility index (Phi) is 3.39. The first-order chi connectivity index (χ1) is 10.5. The molecule has 0 spiro atoms. The summed E-state index contributed by atoms with van der Waals surface area (Å²) < 4.78 is 0. The molecule has 0 saturated heterocycles. The zero-order chi connectivity index (χ0) is 15.5. The Bertz CT molecular complexity index is 506. The van der Waals surface area contributed by atoms with Crippen LogP contribution in [0.15, 0.2) is 24.3 Å². The van der Waals surface area contributed by atoms with Crippen LogP contribution in [0.5, 0.6) is 0 Å². The number of fused-ring (bicyclic) bond motifs is 5. The standard InChI is InChI=1S/C21H32O/c1-4-14-7-10-18-17-9-6-15-5-8-16(22)13-21(15,3)19(17)11-12-20(14,18)2/h4,6,14,16-19,22H,1,5,7-13H2,2-3H3/t14-,16?,17-,18-,19-,20+,21-/m0/s1. The predicted octanol–water partition coefficient (Wildman–Crippen LogP) is 5.11. The van der Waals surface area contributed by atoms with Gasteiger partial charge in [-0.2, -0.15) is 0 Å². The molecule has 3 fully saturated rings. The second kappa shape index (κ2) is 4.97. The molecule has 1 N–H and O–H groups in total. The van der Waals surface area contributed by atoms with Crippen molar-refractivity contribution in [2.75, 3.05) is 0 Å². The first-order valence-electron chi connectivity index (χ1n) is 9.49. The van der Waals surface area contributed by atoms with Crippen LogP contribution in [0.1, 0.15) is 65.2 Å². The molecular weight excluding hydrogens is 268 g/mol.